The quantitative estimate of drug-likeness (QED) is 0.140. The Morgan fingerprint density at radius 3 is 1.61 bits per heavy atom. The summed E-state index contributed by atoms with van der Waals surface area (Å²) >= 11 is 0. The molecule has 0 amide bonds. The highest BCUT2D eigenvalue weighted by Crippen LogP contribution is 2.69. The molecule has 10 unspecified atom stereocenters. The maximum absolute atomic E-state index is 13.5. The smallest absolute Gasteiger partial charge is 0.344 e. The topological polar surface area (TPSA) is 210 Å². The van der Waals surface area contributed by atoms with Crippen molar-refractivity contribution in [1.82, 2.24) is 0 Å². The van der Waals surface area contributed by atoms with Gasteiger partial charge in [-0.3, -0.25) is 24.0 Å². The second-order valence-corrected chi connectivity index (χ2v) is 16.5. The van der Waals surface area contributed by atoms with Crippen molar-refractivity contribution in [1.29, 1.82) is 0 Å². The Balaban J connectivity index is 1.45. The third-order valence-electron chi connectivity index (χ3n) is 13.6. The van der Waals surface area contributed by atoms with Gasteiger partial charge in [-0.25, -0.2) is 14.4 Å². The standard InChI is InChI=1S/C41H60O16/c1-24(7-12-32(42)53-21-37(47)50-4)28-10-11-29-27-9-8-25-19-26(56-35(45)15-13-33(43)54-22-38(48)51-5)17-18-40(25,2)30(27)20-31(41(28,29)3)57-36(46)16-14-34(44)55-23-39(49)52-6/h24-31H,7-23H2,1-6H3. The van der Waals surface area contributed by atoms with E-state index in [1.165, 1.54) is 21.3 Å². The van der Waals surface area contributed by atoms with Crippen LogP contribution in [-0.4, -0.2) is 101 Å². The van der Waals surface area contributed by atoms with Crippen LogP contribution < -0.4 is 0 Å². The summed E-state index contributed by atoms with van der Waals surface area (Å²) in [7, 11) is 3.59. The minimum absolute atomic E-state index is 0.0727. The average Bonchev–Trinajstić information content (AvgIpc) is 3.56. The van der Waals surface area contributed by atoms with E-state index in [4.69, 9.17) is 23.7 Å². The number of ether oxygens (including phenoxy) is 8. The number of hydrogen-bond acceptors (Lipinski definition) is 16. The first-order valence-electron chi connectivity index (χ1n) is 20.1. The molecule has 0 aromatic heterocycles. The molecule has 16 heteroatoms. The zero-order valence-electron chi connectivity index (χ0n) is 34.2. The van der Waals surface area contributed by atoms with Gasteiger partial charge >= 0.3 is 47.8 Å². The van der Waals surface area contributed by atoms with Crippen LogP contribution in [0.2, 0.25) is 0 Å². The van der Waals surface area contributed by atoms with Gasteiger partial charge in [0.2, 0.25) is 0 Å². The predicted molar refractivity (Wildman–Crippen MR) is 196 cm³/mol. The molecular weight excluding hydrogens is 748 g/mol. The normalized spacial score (nSPS) is 30.5. The molecule has 4 aliphatic rings. The van der Waals surface area contributed by atoms with E-state index in [2.05, 4.69) is 35.0 Å². The molecule has 0 bridgehead atoms. The average molecular weight is 809 g/mol. The van der Waals surface area contributed by atoms with Crippen molar-refractivity contribution in [2.24, 2.45) is 46.3 Å². The van der Waals surface area contributed by atoms with Gasteiger partial charge in [0.05, 0.1) is 47.0 Å². The second-order valence-electron chi connectivity index (χ2n) is 16.5. The third kappa shape index (κ3) is 11.5. The van der Waals surface area contributed by atoms with Crippen molar-refractivity contribution in [3.63, 3.8) is 0 Å². The molecule has 4 aliphatic carbocycles. The van der Waals surface area contributed by atoms with Gasteiger partial charge in [-0.05, 0) is 98.7 Å². The summed E-state index contributed by atoms with van der Waals surface area (Å²) < 4.78 is 40.6. The fraction of sp³-hybridized carbons (Fsp3) is 0.805. The minimum atomic E-state index is -0.713. The first-order chi connectivity index (χ1) is 27.0. The highest BCUT2D eigenvalue weighted by atomic mass is 16.6. The van der Waals surface area contributed by atoms with Crippen molar-refractivity contribution in [2.75, 3.05) is 41.2 Å². The molecule has 0 aromatic rings. The lowest BCUT2D eigenvalue weighted by molar-refractivity contribution is -0.199. The van der Waals surface area contributed by atoms with Crippen molar-refractivity contribution < 1.29 is 76.3 Å². The molecule has 0 aromatic carbocycles. The molecular formula is C41H60O16. The van der Waals surface area contributed by atoms with E-state index in [1.807, 2.05) is 0 Å². The molecule has 4 fully saturated rings. The molecule has 0 aliphatic heterocycles. The van der Waals surface area contributed by atoms with Gasteiger partial charge in [0.15, 0.2) is 19.8 Å². The number of esters is 8. The van der Waals surface area contributed by atoms with Crippen LogP contribution in [0.1, 0.15) is 111 Å². The van der Waals surface area contributed by atoms with E-state index in [-0.39, 0.29) is 73.2 Å². The third-order valence-corrected chi connectivity index (χ3v) is 13.6. The van der Waals surface area contributed by atoms with Crippen LogP contribution in [0.25, 0.3) is 0 Å². The van der Waals surface area contributed by atoms with Gasteiger partial charge in [-0.2, -0.15) is 0 Å². The van der Waals surface area contributed by atoms with Crippen molar-refractivity contribution in [2.45, 2.75) is 123 Å². The summed E-state index contributed by atoms with van der Waals surface area (Å²) in [5.41, 5.74) is -0.522. The molecule has 0 radical (unpaired) electrons. The molecule has 4 saturated carbocycles. The summed E-state index contributed by atoms with van der Waals surface area (Å²) in [6.45, 7) is 5.15. The number of methoxy groups -OCH3 is 3. The van der Waals surface area contributed by atoms with Crippen molar-refractivity contribution >= 4 is 47.8 Å². The Bertz CT molecular complexity index is 1490. The van der Waals surface area contributed by atoms with Crippen LogP contribution >= 0.6 is 0 Å². The zero-order chi connectivity index (χ0) is 41.9. The van der Waals surface area contributed by atoms with Gasteiger partial charge in [-0.15, -0.1) is 0 Å². The second kappa shape index (κ2) is 20.4. The molecule has 4 rings (SSSR count). The molecule has 0 N–H and O–H groups in total. The van der Waals surface area contributed by atoms with E-state index >= 15 is 0 Å². The van der Waals surface area contributed by atoms with Crippen LogP contribution in [0.5, 0.6) is 0 Å². The Morgan fingerprint density at radius 1 is 0.561 bits per heavy atom. The monoisotopic (exact) mass is 808 g/mol. The Kier molecular flexibility index (Phi) is 16.3. The molecule has 57 heavy (non-hydrogen) atoms. The van der Waals surface area contributed by atoms with E-state index in [0.717, 1.165) is 32.1 Å². The van der Waals surface area contributed by atoms with Crippen LogP contribution in [0.3, 0.4) is 0 Å². The lowest BCUT2D eigenvalue weighted by Gasteiger charge is -2.62. The molecule has 10 atom stereocenters. The molecule has 0 heterocycles. The first-order valence-corrected chi connectivity index (χ1v) is 20.1. The Morgan fingerprint density at radius 2 is 1.07 bits per heavy atom. The van der Waals surface area contributed by atoms with E-state index in [1.54, 1.807) is 0 Å². The molecule has 16 nitrogen and oxygen atoms in total. The number of fused-ring (bicyclic) bond motifs is 5. The summed E-state index contributed by atoms with van der Waals surface area (Å²) in [6.07, 6.45) is 5.62. The van der Waals surface area contributed by atoms with E-state index in [0.29, 0.717) is 31.6 Å². The molecule has 320 valence electrons. The minimum Gasteiger partial charge on any atom is -0.466 e. The number of carbonyl (C=O) groups excluding carboxylic acids is 8. The SMILES string of the molecule is COC(=O)COC(=O)CCC(=O)OC1CCC2(C)C(CCC3C2CC(OC(=O)CCC(=O)OCC(=O)OC)C2(C)C(C(C)CCC(=O)OCC(=O)OC)CCC32)C1. The highest BCUT2D eigenvalue weighted by Gasteiger charge is 2.65. The highest BCUT2D eigenvalue weighted by molar-refractivity contribution is 5.81. The Labute approximate surface area is 334 Å². The van der Waals surface area contributed by atoms with Gasteiger partial charge < -0.3 is 37.9 Å². The summed E-state index contributed by atoms with van der Waals surface area (Å²) in [6, 6.07) is 0. The van der Waals surface area contributed by atoms with Crippen LogP contribution in [0, 0.1) is 46.3 Å². The first kappa shape index (κ1) is 45.5. The van der Waals surface area contributed by atoms with Crippen molar-refractivity contribution in [3.8, 4) is 0 Å². The van der Waals surface area contributed by atoms with Gasteiger partial charge in [0, 0.05) is 11.8 Å². The fourth-order valence-electron chi connectivity index (χ4n) is 10.6. The van der Waals surface area contributed by atoms with E-state index < -0.39 is 79.1 Å². The van der Waals surface area contributed by atoms with E-state index in [9.17, 15) is 38.4 Å². The predicted octanol–water partition coefficient (Wildman–Crippen LogP) is 4.20. The van der Waals surface area contributed by atoms with Gasteiger partial charge in [-0.1, -0.05) is 20.8 Å². The number of hydrogen-bond donors (Lipinski definition) is 0. The Hall–Kier alpha value is -4.24. The summed E-state index contributed by atoms with van der Waals surface area (Å²) in [5.74, 6) is -3.65. The maximum atomic E-state index is 13.5. The lowest BCUT2D eigenvalue weighted by Crippen LogP contribution is -2.59. The van der Waals surface area contributed by atoms with Crippen LogP contribution in [0.4, 0.5) is 0 Å². The number of carbonyl (C=O) groups is 8. The van der Waals surface area contributed by atoms with Crippen molar-refractivity contribution in [3.05, 3.63) is 0 Å². The maximum Gasteiger partial charge on any atom is 0.344 e. The summed E-state index contributed by atoms with van der Waals surface area (Å²) in [5, 5.41) is 0. The molecule has 0 saturated heterocycles. The molecule has 0 spiro atoms. The zero-order valence-corrected chi connectivity index (χ0v) is 34.2. The lowest BCUT2D eigenvalue weighted by atomic mass is 9.43. The van der Waals surface area contributed by atoms with Crippen LogP contribution in [0.15, 0.2) is 0 Å². The number of rotatable bonds is 18. The van der Waals surface area contributed by atoms with Gasteiger partial charge in [0.25, 0.3) is 0 Å². The summed E-state index contributed by atoms with van der Waals surface area (Å²) in [4.78, 5) is 97.2. The van der Waals surface area contributed by atoms with Gasteiger partial charge in [0.1, 0.15) is 12.2 Å². The van der Waals surface area contributed by atoms with Crippen LogP contribution in [-0.2, 0) is 76.3 Å². The largest absolute Gasteiger partial charge is 0.466 e. The fourth-order valence-corrected chi connectivity index (χ4v) is 10.6.